The number of rotatable bonds is 8. The van der Waals surface area contributed by atoms with E-state index in [1.807, 2.05) is 49.2 Å². The largest absolute Gasteiger partial charge is 0.495 e. The first kappa shape index (κ1) is 30.4. The molecule has 236 valence electrons. The van der Waals surface area contributed by atoms with Gasteiger partial charge in [-0.15, -0.1) is 0 Å². The van der Waals surface area contributed by atoms with Crippen molar-refractivity contribution in [3.63, 3.8) is 0 Å². The van der Waals surface area contributed by atoms with Crippen LogP contribution in [0.2, 0.25) is 0 Å². The predicted molar refractivity (Wildman–Crippen MR) is 178 cm³/mol. The lowest BCUT2D eigenvalue weighted by Crippen LogP contribution is -2.51. The molecule has 2 aliphatic rings. The number of pyridine rings is 1. The monoisotopic (exact) mass is 610 g/mol. The third-order valence-corrected chi connectivity index (χ3v) is 8.29. The molecule has 4 aromatic rings. The van der Waals surface area contributed by atoms with Crippen LogP contribution < -0.4 is 29.5 Å². The van der Waals surface area contributed by atoms with Gasteiger partial charge in [-0.2, -0.15) is 4.98 Å². The van der Waals surface area contributed by atoms with E-state index in [9.17, 15) is 5.11 Å². The highest BCUT2D eigenvalue weighted by atomic mass is 16.5. The third-order valence-electron chi connectivity index (χ3n) is 8.29. The molecule has 0 radical (unpaired) electrons. The normalized spacial score (nSPS) is 17.0. The molecule has 6 rings (SSSR count). The Labute approximate surface area is 265 Å². The highest BCUT2D eigenvalue weighted by Crippen LogP contribution is 2.40. The van der Waals surface area contributed by atoms with Crippen molar-refractivity contribution in [1.29, 1.82) is 0 Å². The second-order valence-electron chi connectivity index (χ2n) is 11.9. The van der Waals surface area contributed by atoms with E-state index in [-0.39, 0.29) is 6.10 Å². The van der Waals surface area contributed by atoms with Crippen molar-refractivity contribution in [2.45, 2.75) is 46.7 Å². The Bertz CT molecular complexity index is 1620. The molecule has 2 aromatic carbocycles. The zero-order valence-corrected chi connectivity index (χ0v) is 26.9. The number of hydrogen-bond donors (Lipinski definition) is 2. The lowest BCUT2D eigenvalue weighted by molar-refractivity contribution is 0.165. The number of aromatic nitrogens is 3. The Morgan fingerprint density at radius 1 is 0.956 bits per heavy atom. The van der Waals surface area contributed by atoms with Crippen LogP contribution >= 0.6 is 0 Å². The number of aliphatic hydroxyl groups is 1. The van der Waals surface area contributed by atoms with Gasteiger partial charge in [0.1, 0.15) is 23.1 Å². The summed E-state index contributed by atoms with van der Waals surface area (Å²) in [6.45, 7) is 12.5. The predicted octanol–water partition coefficient (Wildman–Crippen LogP) is 5.21. The molecule has 1 fully saturated rings. The summed E-state index contributed by atoms with van der Waals surface area (Å²) in [5.74, 6) is 2.85. The average molecular weight is 611 g/mol. The standard InChI is InChI=1S/C34H42N8O3/c1-22(2)45-29-18-26(40-16-14-39(5)15-17-40)10-12-28(29)37-33-36-19-25-21-41(31-23(3)8-7-9-24(31)4)34(43)42(32(25)38-33)30-13-11-27(44-6)20-35-30/h7-13,18-20,22,34,43H,14-17,21H2,1-6H3,(H,36,37,38). The summed E-state index contributed by atoms with van der Waals surface area (Å²) in [6.07, 6.45) is 2.37. The summed E-state index contributed by atoms with van der Waals surface area (Å²) in [4.78, 5) is 22.7. The van der Waals surface area contributed by atoms with E-state index in [1.54, 1.807) is 18.2 Å². The minimum absolute atomic E-state index is 0.0135. The fourth-order valence-corrected chi connectivity index (χ4v) is 5.96. The maximum atomic E-state index is 11.9. The van der Waals surface area contributed by atoms with Gasteiger partial charge in [0.05, 0.1) is 31.6 Å². The van der Waals surface area contributed by atoms with Gasteiger partial charge in [-0.05, 0) is 70.1 Å². The summed E-state index contributed by atoms with van der Waals surface area (Å²) >= 11 is 0. The van der Waals surface area contributed by atoms with Gasteiger partial charge in [0.15, 0.2) is 0 Å². The summed E-state index contributed by atoms with van der Waals surface area (Å²) in [6, 6.07) is 16.0. The van der Waals surface area contributed by atoms with Crippen LogP contribution in [0.3, 0.4) is 0 Å². The molecule has 0 saturated carbocycles. The molecule has 45 heavy (non-hydrogen) atoms. The van der Waals surface area contributed by atoms with Gasteiger partial charge in [-0.25, -0.2) is 9.97 Å². The second kappa shape index (κ2) is 12.8. The zero-order valence-electron chi connectivity index (χ0n) is 26.9. The quantitative estimate of drug-likeness (QED) is 0.275. The molecule has 2 N–H and O–H groups in total. The summed E-state index contributed by atoms with van der Waals surface area (Å²) in [5.41, 5.74) is 5.85. The maximum absolute atomic E-state index is 11.9. The number of hydrogen-bond acceptors (Lipinski definition) is 11. The molecule has 2 aliphatic heterocycles. The number of nitrogens with one attached hydrogen (secondary N) is 1. The second-order valence-corrected chi connectivity index (χ2v) is 11.9. The number of ether oxygens (including phenoxy) is 2. The minimum atomic E-state index is -1.07. The van der Waals surface area contributed by atoms with Gasteiger partial charge in [0.25, 0.3) is 0 Å². The molecular weight excluding hydrogens is 568 g/mol. The highest BCUT2D eigenvalue weighted by Gasteiger charge is 2.36. The molecule has 1 unspecified atom stereocenters. The molecule has 0 amide bonds. The van der Waals surface area contributed by atoms with Crippen LogP contribution in [-0.2, 0) is 6.54 Å². The Morgan fingerprint density at radius 3 is 2.38 bits per heavy atom. The molecule has 0 spiro atoms. The topological polar surface area (TPSA) is 102 Å². The molecule has 1 saturated heterocycles. The van der Waals surface area contributed by atoms with Crippen LogP contribution in [0.1, 0.15) is 30.5 Å². The lowest BCUT2D eigenvalue weighted by Gasteiger charge is -2.43. The zero-order chi connectivity index (χ0) is 31.7. The van der Waals surface area contributed by atoms with Gasteiger partial charge >= 0.3 is 0 Å². The molecule has 11 nitrogen and oxygen atoms in total. The number of benzene rings is 2. The number of aliphatic hydroxyl groups excluding tert-OH is 1. The van der Waals surface area contributed by atoms with Crippen molar-refractivity contribution in [3.8, 4) is 11.5 Å². The van der Waals surface area contributed by atoms with E-state index in [4.69, 9.17) is 19.4 Å². The minimum Gasteiger partial charge on any atom is -0.495 e. The van der Waals surface area contributed by atoms with Gasteiger partial charge in [-0.1, -0.05) is 18.2 Å². The van der Waals surface area contributed by atoms with E-state index in [0.29, 0.717) is 29.9 Å². The Hall–Kier alpha value is -4.61. The number of fused-ring (bicyclic) bond motifs is 1. The molecule has 4 heterocycles. The molecule has 0 bridgehead atoms. The van der Waals surface area contributed by atoms with Crippen molar-refractivity contribution in [2.75, 3.05) is 60.4 Å². The molecular formula is C34H42N8O3. The number of piperazine rings is 1. The maximum Gasteiger partial charge on any atom is 0.229 e. The summed E-state index contributed by atoms with van der Waals surface area (Å²) < 4.78 is 11.6. The Balaban J connectivity index is 1.37. The first-order valence-corrected chi connectivity index (χ1v) is 15.4. The highest BCUT2D eigenvalue weighted by molar-refractivity contribution is 5.72. The third kappa shape index (κ3) is 6.31. The number of methoxy groups -OCH3 is 1. The van der Waals surface area contributed by atoms with Crippen molar-refractivity contribution < 1.29 is 14.6 Å². The lowest BCUT2D eigenvalue weighted by atomic mass is 10.1. The van der Waals surface area contributed by atoms with E-state index >= 15 is 0 Å². The van der Waals surface area contributed by atoms with Crippen molar-refractivity contribution in [3.05, 3.63) is 77.6 Å². The van der Waals surface area contributed by atoms with Crippen LogP contribution in [0.15, 0.2) is 60.9 Å². The Kier molecular flexibility index (Phi) is 8.64. The van der Waals surface area contributed by atoms with E-state index in [1.165, 1.54) is 0 Å². The molecule has 0 aliphatic carbocycles. The first-order valence-electron chi connectivity index (χ1n) is 15.4. The number of aryl methyl sites for hydroxylation is 2. The fraction of sp³-hybridized carbons (Fsp3) is 0.382. The van der Waals surface area contributed by atoms with Crippen LogP contribution in [0.5, 0.6) is 11.5 Å². The van der Waals surface area contributed by atoms with Crippen LogP contribution in [0.25, 0.3) is 0 Å². The number of para-hydroxylation sites is 1. The van der Waals surface area contributed by atoms with E-state index < -0.39 is 6.35 Å². The van der Waals surface area contributed by atoms with Crippen molar-refractivity contribution >= 4 is 34.6 Å². The van der Waals surface area contributed by atoms with E-state index in [2.05, 4.69) is 65.3 Å². The molecule has 1 atom stereocenters. The number of nitrogens with zero attached hydrogens (tertiary/aromatic N) is 7. The van der Waals surface area contributed by atoms with Gasteiger partial charge in [0.2, 0.25) is 12.3 Å². The molecule has 2 aromatic heterocycles. The smallest absolute Gasteiger partial charge is 0.229 e. The first-order chi connectivity index (χ1) is 21.7. The number of anilines is 6. The van der Waals surface area contributed by atoms with Gasteiger partial charge in [0, 0.05) is 55.4 Å². The Morgan fingerprint density at radius 2 is 1.71 bits per heavy atom. The van der Waals surface area contributed by atoms with Crippen LogP contribution in [0, 0.1) is 13.8 Å². The van der Waals surface area contributed by atoms with E-state index in [0.717, 1.165) is 65.7 Å². The fourth-order valence-electron chi connectivity index (χ4n) is 5.96. The number of likely N-dealkylation sites (N-methyl/N-ethyl adjacent to an activating group) is 1. The summed E-state index contributed by atoms with van der Waals surface area (Å²) in [7, 11) is 3.76. The molecule has 11 heteroatoms. The average Bonchev–Trinajstić information content (AvgIpc) is 3.02. The van der Waals surface area contributed by atoms with Crippen LogP contribution in [0.4, 0.5) is 34.6 Å². The van der Waals surface area contributed by atoms with Crippen LogP contribution in [-0.4, -0.2) is 77.8 Å². The summed E-state index contributed by atoms with van der Waals surface area (Å²) in [5, 5.41) is 15.3. The van der Waals surface area contributed by atoms with Gasteiger partial charge in [-0.3, -0.25) is 4.90 Å². The van der Waals surface area contributed by atoms with Gasteiger partial charge < -0.3 is 34.6 Å². The van der Waals surface area contributed by atoms with Crippen molar-refractivity contribution in [2.24, 2.45) is 0 Å². The van der Waals surface area contributed by atoms with Crippen molar-refractivity contribution in [1.82, 2.24) is 19.9 Å². The SMILES string of the molecule is COc1ccc(N2c3nc(Nc4ccc(N5CCN(C)CC5)cc4OC(C)C)ncc3CN(c3c(C)cccc3C)C2O)nc1.